The van der Waals surface area contributed by atoms with Crippen molar-refractivity contribution in [3.63, 3.8) is 0 Å². The van der Waals surface area contributed by atoms with Crippen LogP contribution in [0.4, 0.5) is 5.69 Å². The van der Waals surface area contributed by atoms with E-state index in [2.05, 4.69) is 0 Å². The Morgan fingerprint density at radius 1 is 1.15 bits per heavy atom. The van der Waals surface area contributed by atoms with Crippen LogP contribution in [0.1, 0.15) is 15.9 Å². The molecule has 0 unspecified atom stereocenters. The molecule has 0 fully saturated rings. The van der Waals surface area contributed by atoms with Crippen molar-refractivity contribution in [1.82, 2.24) is 0 Å². The van der Waals surface area contributed by atoms with Gasteiger partial charge >= 0.3 is 5.97 Å². The Hall–Kier alpha value is -2.69. The van der Waals surface area contributed by atoms with Gasteiger partial charge in [0.1, 0.15) is 0 Å². The van der Waals surface area contributed by atoms with E-state index >= 15 is 0 Å². The topological polar surface area (TPSA) is 69.4 Å². The smallest absolute Gasteiger partial charge is 0.337 e. The number of aryl methyl sites for hydroxylation is 1. The van der Waals surface area contributed by atoms with Gasteiger partial charge in [-0.2, -0.15) is 0 Å². The highest BCUT2D eigenvalue weighted by Crippen LogP contribution is 2.26. The van der Waals surface area contributed by atoms with Gasteiger partial charge in [-0.1, -0.05) is 18.2 Å². The average Bonchev–Trinajstić information content (AvgIpc) is 2.45. The van der Waals surface area contributed by atoms with Crippen LogP contribution in [0.3, 0.4) is 0 Å². The van der Waals surface area contributed by atoms with Crippen LogP contribution in [0.2, 0.25) is 0 Å². The number of hydrogen-bond donors (Lipinski definition) is 0. The number of rotatable bonds is 3. The largest absolute Gasteiger partial charge is 0.465 e. The van der Waals surface area contributed by atoms with E-state index in [1.165, 1.54) is 19.2 Å². The lowest BCUT2D eigenvalue weighted by molar-refractivity contribution is -0.384. The first-order valence-electron chi connectivity index (χ1n) is 5.96. The van der Waals surface area contributed by atoms with Crippen LogP contribution in [-0.2, 0) is 4.74 Å². The van der Waals surface area contributed by atoms with Gasteiger partial charge in [-0.15, -0.1) is 0 Å². The summed E-state index contributed by atoms with van der Waals surface area (Å²) in [6.45, 7) is 1.85. The number of ether oxygens (including phenoxy) is 1. The fourth-order valence-corrected chi connectivity index (χ4v) is 1.98. The maximum Gasteiger partial charge on any atom is 0.337 e. The summed E-state index contributed by atoms with van der Waals surface area (Å²) in [6.07, 6.45) is 0. The van der Waals surface area contributed by atoms with Crippen LogP contribution in [0.5, 0.6) is 0 Å². The zero-order valence-corrected chi connectivity index (χ0v) is 11.1. The molecule has 0 radical (unpaired) electrons. The third-order valence-corrected chi connectivity index (χ3v) is 2.89. The Bertz CT molecular complexity index is 679. The molecule has 0 atom stereocenters. The Labute approximate surface area is 116 Å². The molecule has 0 saturated heterocycles. The molecule has 0 saturated carbocycles. The van der Waals surface area contributed by atoms with Gasteiger partial charge in [0.05, 0.1) is 17.6 Å². The first kappa shape index (κ1) is 13.7. The van der Waals surface area contributed by atoms with E-state index in [4.69, 9.17) is 4.74 Å². The normalized spacial score (nSPS) is 10.1. The summed E-state index contributed by atoms with van der Waals surface area (Å²) in [4.78, 5) is 22.0. The molecule has 0 amide bonds. The van der Waals surface area contributed by atoms with Crippen LogP contribution < -0.4 is 0 Å². The minimum atomic E-state index is -0.444. The molecule has 0 heterocycles. The number of non-ortho nitro benzene ring substituents is 1. The molecule has 20 heavy (non-hydrogen) atoms. The van der Waals surface area contributed by atoms with E-state index in [9.17, 15) is 14.9 Å². The average molecular weight is 271 g/mol. The van der Waals surface area contributed by atoms with Crippen LogP contribution in [0.25, 0.3) is 11.1 Å². The van der Waals surface area contributed by atoms with Crippen LogP contribution in [0, 0.1) is 17.0 Å². The molecule has 5 nitrogen and oxygen atoms in total. The molecular formula is C15H13NO4. The molecule has 0 aliphatic heterocycles. The summed E-state index contributed by atoms with van der Waals surface area (Å²) in [5.41, 5.74) is 2.76. The summed E-state index contributed by atoms with van der Waals surface area (Å²) in [7, 11) is 1.32. The van der Waals surface area contributed by atoms with E-state index in [0.717, 1.165) is 11.1 Å². The molecule has 2 rings (SSSR count). The number of benzene rings is 2. The summed E-state index contributed by atoms with van der Waals surface area (Å²) in [6, 6.07) is 11.5. The SMILES string of the molecule is COC(=O)c1cc(C)cc(-c2cccc([N+](=O)[O-])c2)c1. The molecule has 5 heteroatoms. The van der Waals surface area contributed by atoms with Gasteiger partial charge in [0.25, 0.3) is 5.69 Å². The van der Waals surface area contributed by atoms with E-state index < -0.39 is 10.9 Å². The van der Waals surface area contributed by atoms with E-state index in [1.807, 2.05) is 13.0 Å². The fraction of sp³-hybridized carbons (Fsp3) is 0.133. The van der Waals surface area contributed by atoms with E-state index in [-0.39, 0.29) is 5.69 Å². The predicted octanol–water partition coefficient (Wildman–Crippen LogP) is 3.36. The van der Waals surface area contributed by atoms with Gasteiger partial charge in [0.2, 0.25) is 0 Å². The van der Waals surface area contributed by atoms with Crippen molar-refractivity contribution in [1.29, 1.82) is 0 Å². The Morgan fingerprint density at radius 2 is 1.90 bits per heavy atom. The molecule has 0 aliphatic rings. The number of nitro groups is 1. The van der Waals surface area contributed by atoms with Crippen molar-refractivity contribution in [2.45, 2.75) is 6.92 Å². The first-order valence-corrected chi connectivity index (χ1v) is 5.96. The lowest BCUT2D eigenvalue weighted by Gasteiger charge is -2.06. The van der Waals surface area contributed by atoms with Crippen LogP contribution in [-0.4, -0.2) is 18.0 Å². The zero-order valence-electron chi connectivity index (χ0n) is 11.1. The summed E-state index contributed by atoms with van der Waals surface area (Å²) < 4.78 is 4.70. The Balaban J connectivity index is 2.52. The van der Waals surface area contributed by atoms with Crippen molar-refractivity contribution >= 4 is 11.7 Å². The molecule has 102 valence electrons. The van der Waals surface area contributed by atoms with Crippen molar-refractivity contribution in [2.75, 3.05) is 7.11 Å². The monoisotopic (exact) mass is 271 g/mol. The Kier molecular flexibility index (Phi) is 3.79. The van der Waals surface area contributed by atoms with Crippen molar-refractivity contribution in [3.05, 3.63) is 63.7 Å². The molecular weight excluding hydrogens is 258 g/mol. The van der Waals surface area contributed by atoms with Crippen molar-refractivity contribution < 1.29 is 14.5 Å². The second-order valence-corrected chi connectivity index (χ2v) is 4.39. The third kappa shape index (κ3) is 2.83. The second-order valence-electron chi connectivity index (χ2n) is 4.39. The summed E-state index contributed by atoms with van der Waals surface area (Å²) in [5.74, 6) is -0.430. The lowest BCUT2D eigenvalue weighted by Crippen LogP contribution is -2.01. The summed E-state index contributed by atoms with van der Waals surface area (Å²) in [5, 5.41) is 10.8. The van der Waals surface area contributed by atoms with Crippen molar-refractivity contribution in [2.24, 2.45) is 0 Å². The van der Waals surface area contributed by atoms with E-state index in [1.54, 1.807) is 24.3 Å². The highest BCUT2D eigenvalue weighted by molar-refractivity contribution is 5.91. The number of nitrogens with zero attached hydrogens (tertiary/aromatic N) is 1. The molecule has 0 aliphatic carbocycles. The standard InChI is InChI=1S/C15H13NO4/c1-10-6-12(8-13(7-10)15(17)20-2)11-4-3-5-14(9-11)16(18)19/h3-9H,1-2H3. The number of carbonyl (C=O) groups excluding carboxylic acids is 1. The molecule has 2 aromatic carbocycles. The van der Waals surface area contributed by atoms with E-state index in [0.29, 0.717) is 11.1 Å². The number of esters is 1. The number of hydrogen-bond acceptors (Lipinski definition) is 4. The lowest BCUT2D eigenvalue weighted by atomic mass is 10.00. The molecule has 2 aromatic rings. The highest BCUT2D eigenvalue weighted by atomic mass is 16.6. The minimum absolute atomic E-state index is 0.0172. The van der Waals surface area contributed by atoms with Gasteiger partial charge in [0, 0.05) is 12.1 Å². The van der Waals surface area contributed by atoms with Crippen molar-refractivity contribution in [3.8, 4) is 11.1 Å². The van der Waals surface area contributed by atoms with Crippen LogP contribution in [0.15, 0.2) is 42.5 Å². The van der Waals surface area contributed by atoms with Gasteiger partial charge in [0.15, 0.2) is 0 Å². The van der Waals surface area contributed by atoms with Gasteiger partial charge in [-0.3, -0.25) is 10.1 Å². The summed E-state index contributed by atoms with van der Waals surface area (Å²) >= 11 is 0. The molecule has 0 spiro atoms. The second kappa shape index (κ2) is 5.52. The quantitative estimate of drug-likeness (QED) is 0.487. The fourth-order valence-electron chi connectivity index (χ4n) is 1.98. The molecule has 0 N–H and O–H groups in total. The predicted molar refractivity (Wildman–Crippen MR) is 74.6 cm³/mol. The number of nitro benzene ring substituents is 1. The molecule has 0 aromatic heterocycles. The maximum absolute atomic E-state index is 11.6. The van der Waals surface area contributed by atoms with Crippen LogP contribution >= 0.6 is 0 Å². The first-order chi connectivity index (χ1) is 9.51. The third-order valence-electron chi connectivity index (χ3n) is 2.89. The number of carbonyl (C=O) groups is 1. The Morgan fingerprint density at radius 3 is 2.55 bits per heavy atom. The van der Waals surface area contributed by atoms with Gasteiger partial charge in [-0.05, 0) is 35.7 Å². The van der Waals surface area contributed by atoms with Gasteiger partial charge in [-0.25, -0.2) is 4.79 Å². The maximum atomic E-state index is 11.6. The van der Waals surface area contributed by atoms with Gasteiger partial charge < -0.3 is 4.74 Å². The molecule has 0 bridgehead atoms. The number of methoxy groups -OCH3 is 1. The zero-order chi connectivity index (χ0) is 14.7. The minimum Gasteiger partial charge on any atom is -0.465 e. The highest BCUT2D eigenvalue weighted by Gasteiger charge is 2.11.